The molecule has 0 spiro atoms. The minimum absolute atomic E-state index is 0.0509. The molecule has 0 saturated carbocycles. The molecule has 102 valence electrons. The van der Waals surface area contributed by atoms with Crippen molar-refractivity contribution in [3.63, 3.8) is 0 Å². The highest BCUT2D eigenvalue weighted by molar-refractivity contribution is 7.90. The summed E-state index contributed by atoms with van der Waals surface area (Å²) in [5.74, 6) is 0.142. The molecule has 0 bridgehead atoms. The van der Waals surface area contributed by atoms with Gasteiger partial charge in [-0.15, -0.1) is 0 Å². The van der Waals surface area contributed by atoms with Crippen LogP contribution in [0.1, 0.15) is 20.3 Å². The third-order valence-corrected chi connectivity index (χ3v) is 3.14. The van der Waals surface area contributed by atoms with E-state index in [9.17, 15) is 13.2 Å². The molecule has 0 heterocycles. The Morgan fingerprint density at radius 2 is 1.94 bits per heavy atom. The fourth-order valence-corrected chi connectivity index (χ4v) is 1.94. The van der Waals surface area contributed by atoms with Gasteiger partial charge in [0.15, 0.2) is 0 Å². The maximum absolute atomic E-state index is 11.8. The van der Waals surface area contributed by atoms with Crippen LogP contribution in [0.2, 0.25) is 0 Å². The molecule has 0 N–H and O–H groups in total. The van der Waals surface area contributed by atoms with Gasteiger partial charge in [0, 0.05) is 32.9 Å². The Balaban J connectivity index is 4.31. The molecule has 0 saturated heterocycles. The summed E-state index contributed by atoms with van der Waals surface area (Å²) in [6.07, 6.45) is 1.19. The Morgan fingerprint density at radius 1 is 1.35 bits per heavy atom. The lowest BCUT2D eigenvalue weighted by atomic mass is 10.2. The summed E-state index contributed by atoms with van der Waals surface area (Å²) in [7, 11) is -1.50. The molecule has 0 fully saturated rings. The van der Waals surface area contributed by atoms with Gasteiger partial charge in [0.2, 0.25) is 5.91 Å². The minimum Gasteiger partial charge on any atom is -0.383 e. The molecule has 0 aromatic carbocycles. The van der Waals surface area contributed by atoms with Crippen LogP contribution >= 0.6 is 0 Å². The molecule has 17 heavy (non-hydrogen) atoms. The number of hydrogen-bond donors (Lipinski definition) is 0. The zero-order valence-corrected chi connectivity index (χ0v) is 11.9. The number of carbonyl (C=O) groups excluding carboxylic acids is 1. The van der Waals surface area contributed by atoms with Gasteiger partial charge in [-0.05, 0) is 5.92 Å². The van der Waals surface area contributed by atoms with Crippen LogP contribution in [-0.2, 0) is 19.4 Å². The summed E-state index contributed by atoms with van der Waals surface area (Å²) in [6.45, 7) is 5.65. The first kappa shape index (κ1) is 16.4. The molecule has 0 aliphatic rings. The number of hydrogen-bond acceptors (Lipinski definition) is 4. The van der Waals surface area contributed by atoms with Crippen LogP contribution in [0.5, 0.6) is 0 Å². The summed E-state index contributed by atoms with van der Waals surface area (Å²) < 4.78 is 26.9. The maximum atomic E-state index is 11.8. The minimum atomic E-state index is -3.08. The van der Waals surface area contributed by atoms with Gasteiger partial charge in [0.05, 0.1) is 12.4 Å². The van der Waals surface area contributed by atoms with E-state index in [1.165, 1.54) is 0 Å². The Kier molecular flexibility index (Phi) is 7.38. The van der Waals surface area contributed by atoms with Gasteiger partial charge in [-0.3, -0.25) is 4.79 Å². The van der Waals surface area contributed by atoms with Crippen LogP contribution in [0, 0.1) is 5.92 Å². The van der Waals surface area contributed by atoms with Crippen molar-refractivity contribution in [3.05, 3.63) is 0 Å². The predicted molar refractivity (Wildman–Crippen MR) is 67.6 cm³/mol. The second-order valence-corrected chi connectivity index (χ2v) is 6.87. The molecule has 0 unspecified atom stereocenters. The SMILES string of the molecule is COCCN(CC(C)C)C(=O)CCS(C)(=O)=O. The number of methoxy groups -OCH3 is 1. The number of ether oxygens (including phenoxy) is 1. The molecule has 0 rings (SSSR count). The maximum Gasteiger partial charge on any atom is 0.223 e. The standard InChI is InChI=1S/C11H23NO4S/c1-10(2)9-12(6-7-16-3)11(13)5-8-17(4,14)15/h10H,5-9H2,1-4H3. The normalized spacial score (nSPS) is 11.8. The van der Waals surface area contributed by atoms with Gasteiger partial charge in [-0.25, -0.2) is 8.42 Å². The van der Waals surface area contributed by atoms with Crippen LogP contribution in [0.3, 0.4) is 0 Å². The Labute approximate surface area is 104 Å². The number of nitrogens with zero attached hydrogens (tertiary/aromatic N) is 1. The lowest BCUT2D eigenvalue weighted by Crippen LogP contribution is -2.37. The van der Waals surface area contributed by atoms with Crippen molar-refractivity contribution >= 4 is 15.7 Å². The van der Waals surface area contributed by atoms with Crippen LogP contribution in [-0.4, -0.2) is 58.0 Å². The highest BCUT2D eigenvalue weighted by Gasteiger charge is 2.16. The van der Waals surface area contributed by atoms with Gasteiger partial charge in [0.1, 0.15) is 9.84 Å². The van der Waals surface area contributed by atoms with Crippen molar-refractivity contribution in [2.75, 3.05) is 38.8 Å². The first-order valence-corrected chi connectivity index (χ1v) is 7.76. The number of rotatable bonds is 8. The van der Waals surface area contributed by atoms with E-state index in [1.807, 2.05) is 13.8 Å². The van der Waals surface area contributed by atoms with Crippen molar-refractivity contribution in [2.45, 2.75) is 20.3 Å². The Morgan fingerprint density at radius 3 is 2.35 bits per heavy atom. The van der Waals surface area contributed by atoms with E-state index in [1.54, 1.807) is 12.0 Å². The molecule has 0 aliphatic carbocycles. The molecule has 1 amide bonds. The van der Waals surface area contributed by atoms with Gasteiger partial charge < -0.3 is 9.64 Å². The third-order valence-electron chi connectivity index (χ3n) is 2.19. The molecule has 6 heteroatoms. The van der Waals surface area contributed by atoms with E-state index in [4.69, 9.17) is 4.74 Å². The van der Waals surface area contributed by atoms with E-state index in [0.717, 1.165) is 6.26 Å². The Hall–Kier alpha value is -0.620. The molecule has 0 atom stereocenters. The van der Waals surface area contributed by atoms with E-state index < -0.39 is 9.84 Å². The lowest BCUT2D eigenvalue weighted by Gasteiger charge is -2.24. The lowest BCUT2D eigenvalue weighted by molar-refractivity contribution is -0.131. The predicted octanol–water partition coefficient (Wildman–Crippen LogP) is 0.552. The summed E-state index contributed by atoms with van der Waals surface area (Å²) in [5.41, 5.74) is 0. The highest BCUT2D eigenvalue weighted by atomic mass is 32.2. The quantitative estimate of drug-likeness (QED) is 0.643. The highest BCUT2D eigenvalue weighted by Crippen LogP contribution is 2.03. The average Bonchev–Trinajstić information content (AvgIpc) is 2.19. The van der Waals surface area contributed by atoms with Gasteiger partial charge in [0.25, 0.3) is 0 Å². The number of sulfone groups is 1. The van der Waals surface area contributed by atoms with Crippen molar-refractivity contribution in [2.24, 2.45) is 5.92 Å². The summed E-state index contributed by atoms with van der Waals surface area (Å²) in [4.78, 5) is 13.5. The largest absolute Gasteiger partial charge is 0.383 e. The fraction of sp³-hybridized carbons (Fsp3) is 0.909. The van der Waals surface area contributed by atoms with Crippen LogP contribution in [0.15, 0.2) is 0 Å². The third kappa shape index (κ3) is 9.12. The Bertz CT molecular complexity index is 324. The molecular formula is C11H23NO4S. The second-order valence-electron chi connectivity index (χ2n) is 4.61. The van der Waals surface area contributed by atoms with E-state index in [2.05, 4.69) is 0 Å². The fourth-order valence-electron chi connectivity index (χ4n) is 1.39. The zero-order chi connectivity index (χ0) is 13.5. The number of carbonyl (C=O) groups is 1. The molecular weight excluding hydrogens is 242 g/mol. The first-order valence-electron chi connectivity index (χ1n) is 5.70. The smallest absolute Gasteiger partial charge is 0.223 e. The average molecular weight is 265 g/mol. The zero-order valence-electron chi connectivity index (χ0n) is 11.1. The molecule has 0 radical (unpaired) electrons. The van der Waals surface area contributed by atoms with Gasteiger partial charge in [-0.1, -0.05) is 13.8 Å². The van der Waals surface area contributed by atoms with Crippen LogP contribution in [0.4, 0.5) is 0 Å². The summed E-state index contributed by atoms with van der Waals surface area (Å²) >= 11 is 0. The molecule has 0 aromatic rings. The van der Waals surface area contributed by atoms with Crippen molar-refractivity contribution in [1.29, 1.82) is 0 Å². The second kappa shape index (κ2) is 7.66. The van der Waals surface area contributed by atoms with Crippen LogP contribution < -0.4 is 0 Å². The van der Waals surface area contributed by atoms with Gasteiger partial charge >= 0.3 is 0 Å². The molecule has 0 aliphatic heterocycles. The monoisotopic (exact) mass is 265 g/mol. The van der Waals surface area contributed by atoms with Gasteiger partial charge in [-0.2, -0.15) is 0 Å². The van der Waals surface area contributed by atoms with E-state index in [-0.39, 0.29) is 18.1 Å². The summed E-state index contributed by atoms with van der Waals surface area (Å²) in [6, 6.07) is 0. The van der Waals surface area contributed by atoms with Crippen LogP contribution in [0.25, 0.3) is 0 Å². The summed E-state index contributed by atoms with van der Waals surface area (Å²) in [5, 5.41) is 0. The first-order chi connectivity index (χ1) is 7.76. The number of amides is 1. The van der Waals surface area contributed by atoms with E-state index >= 15 is 0 Å². The molecule has 5 nitrogen and oxygen atoms in total. The molecule has 0 aromatic heterocycles. The topological polar surface area (TPSA) is 63.7 Å². The van der Waals surface area contributed by atoms with Crippen molar-refractivity contribution in [3.8, 4) is 0 Å². The van der Waals surface area contributed by atoms with E-state index in [0.29, 0.717) is 25.6 Å². The van der Waals surface area contributed by atoms with Crippen molar-refractivity contribution < 1.29 is 17.9 Å². The van der Waals surface area contributed by atoms with Crippen molar-refractivity contribution in [1.82, 2.24) is 4.90 Å².